The van der Waals surface area contributed by atoms with Gasteiger partial charge in [-0.1, -0.05) is 24.3 Å². The Hall–Kier alpha value is -1.11. The van der Waals surface area contributed by atoms with Crippen LogP contribution in [0.4, 0.5) is 0 Å². The van der Waals surface area contributed by atoms with Gasteiger partial charge >= 0.3 is 0 Å². The molecule has 0 saturated heterocycles. The lowest BCUT2D eigenvalue weighted by Gasteiger charge is -2.11. The van der Waals surface area contributed by atoms with Gasteiger partial charge in [0.05, 0.1) is 0 Å². The topological polar surface area (TPSA) is 23.9 Å². The first kappa shape index (κ1) is 8.22. The fraction of sp³-hybridized carbons (Fsp3) is 0.462. The Morgan fingerprint density at radius 2 is 1.43 bits per heavy atom. The zero-order valence-corrected chi connectivity index (χ0v) is 8.29. The minimum Gasteiger partial charge on any atom is -0.309 e. The zero-order valence-electron chi connectivity index (χ0n) is 8.29. The molecule has 1 saturated carbocycles. The van der Waals surface area contributed by atoms with Crippen molar-refractivity contribution in [2.45, 2.75) is 25.7 Å². The average Bonchev–Trinajstić information content (AvgIpc) is 2.44. The molecular formula is C13H15N. The third-order valence-electron chi connectivity index (χ3n) is 3.79. The van der Waals surface area contributed by atoms with Crippen molar-refractivity contribution >= 4 is 5.71 Å². The van der Waals surface area contributed by atoms with Gasteiger partial charge in [-0.25, -0.2) is 0 Å². The predicted molar refractivity (Wildman–Crippen MR) is 57.8 cm³/mol. The molecule has 1 N–H and O–H groups in total. The van der Waals surface area contributed by atoms with E-state index in [1.165, 1.54) is 24.0 Å². The van der Waals surface area contributed by atoms with Gasteiger partial charge in [-0.3, -0.25) is 0 Å². The molecule has 0 aliphatic heterocycles. The molecule has 2 atom stereocenters. The molecule has 1 aromatic carbocycles. The molecule has 0 spiro atoms. The van der Waals surface area contributed by atoms with Crippen molar-refractivity contribution in [3.8, 4) is 0 Å². The summed E-state index contributed by atoms with van der Waals surface area (Å²) in [5, 5.41) is 8.08. The Balaban J connectivity index is 2.06. The minimum atomic E-state index is 0.559. The first-order chi connectivity index (χ1) is 6.84. The van der Waals surface area contributed by atoms with Crippen molar-refractivity contribution in [3.63, 3.8) is 0 Å². The van der Waals surface area contributed by atoms with Crippen molar-refractivity contribution < 1.29 is 0 Å². The molecule has 14 heavy (non-hydrogen) atoms. The Kier molecular flexibility index (Phi) is 1.73. The Bertz CT molecular complexity index is 346. The third-order valence-corrected chi connectivity index (χ3v) is 3.79. The molecular weight excluding hydrogens is 170 g/mol. The number of nitrogens with one attached hydrogen (secondary N) is 1. The van der Waals surface area contributed by atoms with E-state index in [-0.39, 0.29) is 0 Å². The van der Waals surface area contributed by atoms with Gasteiger partial charge in [0.2, 0.25) is 0 Å². The molecule has 0 heterocycles. The maximum absolute atomic E-state index is 8.08. The highest BCUT2D eigenvalue weighted by Crippen LogP contribution is 2.36. The second-order valence-corrected chi connectivity index (χ2v) is 4.60. The van der Waals surface area contributed by atoms with Crippen LogP contribution in [0, 0.1) is 17.2 Å². The molecule has 3 rings (SSSR count). The number of rotatable bonds is 0. The summed E-state index contributed by atoms with van der Waals surface area (Å²) in [6.07, 6.45) is 4.73. The van der Waals surface area contributed by atoms with Crippen LogP contribution < -0.4 is 0 Å². The van der Waals surface area contributed by atoms with Crippen molar-refractivity contribution in [1.82, 2.24) is 0 Å². The van der Waals surface area contributed by atoms with Crippen LogP contribution in [-0.2, 0) is 12.8 Å². The smallest absolute Gasteiger partial charge is 0.0157 e. The summed E-state index contributed by atoms with van der Waals surface area (Å²) < 4.78 is 0. The summed E-state index contributed by atoms with van der Waals surface area (Å²) in [6.45, 7) is 0. The standard InChI is InChI=1S/C13H15N/c14-13-11-5-6-12(13)8-10-4-2-1-3-9(10)7-11/h1-4,11-12,14H,5-8H2. The van der Waals surface area contributed by atoms with Crippen molar-refractivity contribution in [2.75, 3.05) is 0 Å². The average molecular weight is 185 g/mol. The summed E-state index contributed by atoms with van der Waals surface area (Å²) in [5.74, 6) is 1.12. The van der Waals surface area contributed by atoms with Crippen LogP contribution in [0.25, 0.3) is 0 Å². The molecule has 1 heteroatoms. The van der Waals surface area contributed by atoms with E-state index in [1.807, 2.05) is 0 Å². The van der Waals surface area contributed by atoms with Crippen LogP contribution in [0.2, 0.25) is 0 Å². The molecule has 1 aromatic rings. The molecule has 2 aliphatic rings. The van der Waals surface area contributed by atoms with E-state index >= 15 is 0 Å². The van der Waals surface area contributed by atoms with Gasteiger partial charge in [0.25, 0.3) is 0 Å². The van der Waals surface area contributed by atoms with Crippen LogP contribution in [-0.4, -0.2) is 5.71 Å². The minimum absolute atomic E-state index is 0.559. The van der Waals surface area contributed by atoms with Crippen LogP contribution in [0.3, 0.4) is 0 Å². The number of hydrogen-bond donors (Lipinski definition) is 1. The number of fused-ring (bicyclic) bond motifs is 3. The van der Waals surface area contributed by atoms with Gasteiger partial charge < -0.3 is 5.41 Å². The van der Waals surface area contributed by atoms with Gasteiger partial charge in [0.15, 0.2) is 0 Å². The maximum Gasteiger partial charge on any atom is 0.0157 e. The molecule has 2 unspecified atom stereocenters. The van der Waals surface area contributed by atoms with Crippen molar-refractivity contribution in [1.29, 1.82) is 5.41 Å². The summed E-state index contributed by atoms with van der Waals surface area (Å²) in [4.78, 5) is 0. The molecule has 0 amide bonds. The first-order valence-electron chi connectivity index (χ1n) is 5.49. The highest BCUT2D eigenvalue weighted by atomic mass is 14.5. The lowest BCUT2D eigenvalue weighted by atomic mass is 9.94. The largest absolute Gasteiger partial charge is 0.309 e. The van der Waals surface area contributed by atoms with E-state index in [0.29, 0.717) is 11.8 Å². The van der Waals surface area contributed by atoms with Gasteiger partial charge in [-0.2, -0.15) is 0 Å². The summed E-state index contributed by atoms with van der Waals surface area (Å²) in [7, 11) is 0. The lowest BCUT2D eigenvalue weighted by Crippen LogP contribution is -2.12. The van der Waals surface area contributed by atoms with Gasteiger partial charge in [0, 0.05) is 17.5 Å². The second-order valence-electron chi connectivity index (χ2n) is 4.60. The summed E-state index contributed by atoms with van der Waals surface area (Å²) >= 11 is 0. The number of hydrogen-bond acceptors (Lipinski definition) is 1. The molecule has 2 bridgehead atoms. The van der Waals surface area contributed by atoms with Crippen molar-refractivity contribution in [2.24, 2.45) is 11.8 Å². The maximum atomic E-state index is 8.08. The van der Waals surface area contributed by atoms with Gasteiger partial charge in [-0.15, -0.1) is 0 Å². The highest BCUT2D eigenvalue weighted by molar-refractivity contribution is 5.89. The van der Waals surface area contributed by atoms with E-state index in [4.69, 9.17) is 5.41 Å². The molecule has 1 fully saturated rings. The SMILES string of the molecule is N=C1C2CCC1Cc1ccccc1C2. The summed E-state index contributed by atoms with van der Waals surface area (Å²) in [6, 6.07) is 8.73. The third kappa shape index (κ3) is 1.12. The van der Waals surface area contributed by atoms with Crippen LogP contribution in [0.5, 0.6) is 0 Å². The molecule has 0 aromatic heterocycles. The molecule has 2 aliphatic carbocycles. The normalized spacial score (nSPS) is 29.9. The molecule has 72 valence electrons. The van der Waals surface area contributed by atoms with E-state index in [1.54, 1.807) is 0 Å². The fourth-order valence-corrected chi connectivity index (χ4v) is 2.96. The Labute approximate surface area is 84.7 Å². The first-order valence-corrected chi connectivity index (χ1v) is 5.49. The predicted octanol–water partition coefficient (Wildman–Crippen LogP) is 2.83. The van der Waals surface area contributed by atoms with Gasteiger partial charge in [0.1, 0.15) is 0 Å². The fourth-order valence-electron chi connectivity index (χ4n) is 2.96. The molecule has 0 radical (unpaired) electrons. The zero-order chi connectivity index (χ0) is 9.54. The molecule has 1 nitrogen and oxygen atoms in total. The van der Waals surface area contributed by atoms with E-state index in [9.17, 15) is 0 Å². The highest BCUT2D eigenvalue weighted by Gasteiger charge is 2.34. The van der Waals surface area contributed by atoms with Crippen LogP contribution in [0.1, 0.15) is 24.0 Å². The summed E-state index contributed by atoms with van der Waals surface area (Å²) in [5.41, 5.74) is 4.01. The quantitative estimate of drug-likeness (QED) is 0.642. The van der Waals surface area contributed by atoms with E-state index < -0.39 is 0 Å². The lowest BCUT2D eigenvalue weighted by molar-refractivity contribution is 0.593. The number of benzene rings is 1. The monoisotopic (exact) mass is 185 g/mol. The van der Waals surface area contributed by atoms with Gasteiger partial charge in [-0.05, 0) is 36.8 Å². The Morgan fingerprint density at radius 1 is 0.929 bits per heavy atom. The van der Waals surface area contributed by atoms with E-state index in [2.05, 4.69) is 24.3 Å². The Morgan fingerprint density at radius 3 is 1.93 bits per heavy atom. The van der Waals surface area contributed by atoms with Crippen LogP contribution >= 0.6 is 0 Å². The van der Waals surface area contributed by atoms with Crippen molar-refractivity contribution in [3.05, 3.63) is 35.4 Å². The van der Waals surface area contributed by atoms with E-state index in [0.717, 1.165) is 18.6 Å². The van der Waals surface area contributed by atoms with Crippen LogP contribution in [0.15, 0.2) is 24.3 Å². The second kappa shape index (κ2) is 2.94.